The second-order valence-electron chi connectivity index (χ2n) is 3.39. The average molecular weight is 276 g/mol. The molecule has 7 heteroatoms. The van der Waals surface area contributed by atoms with Crippen LogP contribution in [-0.4, -0.2) is 30.2 Å². The molecule has 1 N–H and O–H groups in total. The molecule has 1 rings (SSSR count). The predicted molar refractivity (Wildman–Crippen MR) is 72.2 cm³/mol. The van der Waals surface area contributed by atoms with Crippen molar-refractivity contribution >= 4 is 23.1 Å². The molecular weight excluding hydrogens is 258 g/mol. The standard InChI is InChI=1S/C8H10ClN3O3.C3H8/c1-15-5-4-10-8-6(12(13)14)2-3-7(9)11-8;1-3-2/h2-3H,4-5H2,1H3,(H,10,11);3H2,1-2H3. The van der Waals surface area contributed by atoms with Gasteiger partial charge in [-0.25, -0.2) is 4.98 Å². The lowest BCUT2D eigenvalue weighted by atomic mass is 10.4. The normalized spacial score (nSPS) is 9.33. The number of nitrogens with one attached hydrogen (secondary N) is 1. The summed E-state index contributed by atoms with van der Waals surface area (Å²) in [5.41, 5.74) is -0.101. The molecular formula is C11H18ClN3O3. The van der Waals surface area contributed by atoms with Gasteiger partial charge in [-0.3, -0.25) is 10.1 Å². The van der Waals surface area contributed by atoms with Crippen molar-refractivity contribution in [2.75, 3.05) is 25.6 Å². The third-order valence-corrected chi connectivity index (χ3v) is 1.85. The molecule has 0 spiro atoms. The molecule has 1 aromatic heterocycles. The van der Waals surface area contributed by atoms with Gasteiger partial charge >= 0.3 is 5.69 Å². The SMILES string of the molecule is CCC.COCCNc1nc(Cl)ccc1[N+](=O)[O-]. The van der Waals surface area contributed by atoms with Gasteiger partial charge in [0.15, 0.2) is 0 Å². The Kier molecular flexibility index (Phi) is 8.86. The Morgan fingerprint density at radius 2 is 2.11 bits per heavy atom. The molecule has 0 saturated heterocycles. The molecule has 0 atom stereocenters. The van der Waals surface area contributed by atoms with Gasteiger partial charge in [0.05, 0.1) is 11.5 Å². The van der Waals surface area contributed by atoms with Crippen LogP contribution in [0, 0.1) is 10.1 Å². The van der Waals surface area contributed by atoms with Gasteiger partial charge in [0.2, 0.25) is 5.82 Å². The fourth-order valence-corrected chi connectivity index (χ4v) is 1.12. The number of nitrogens with zero attached hydrogens (tertiary/aromatic N) is 2. The van der Waals surface area contributed by atoms with E-state index in [4.69, 9.17) is 16.3 Å². The molecule has 18 heavy (non-hydrogen) atoms. The molecule has 0 aliphatic rings. The van der Waals surface area contributed by atoms with Gasteiger partial charge in [0.1, 0.15) is 5.15 Å². The van der Waals surface area contributed by atoms with Gasteiger partial charge in [-0.15, -0.1) is 0 Å². The van der Waals surface area contributed by atoms with Crippen molar-refractivity contribution in [3.05, 3.63) is 27.4 Å². The van der Waals surface area contributed by atoms with E-state index in [0.717, 1.165) is 0 Å². The maximum atomic E-state index is 10.6. The highest BCUT2D eigenvalue weighted by Gasteiger charge is 2.14. The maximum absolute atomic E-state index is 10.6. The summed E-state index contributed by atoms with van der Waals surface area (Å²) in [4.78, 5) is 13.9. The van der Waals surface area contributed by atoms with Crippen LogP contribution >= 0.6 is 11.6 Å². The molecule has 0 radical (unpaired) electrons. The molecule has 6 nitrogen and oxygen atoms in total. The lowest BCUT2D eigenvalue weighted by molar-refractivity contribution is -0.384. The van der Waals surface area contributed by atoms with E-state index in [2.05, 4.69) is 24.1 Å². The van der Waals surface area contributed by atoms with Crippen LogP contribution in [0.2, 0.25) is 5.15 Å². The summed E-state index contributed by atoms with van der Waals surface area (Å²) in [6, 6.07) is 2.69. The van der Waals surface area contributed by atoms with Gasteiger partial charge in [-0.05, 0) is 6.07 Å². The predicted octanol–water partition coefficient (Wildman–Crippen LogP) is 3.12. The third-order valence-electron chi connectivity index (χ3n) is 1.64. The molecule has 1 heterocycles. The quantitative estimate of drug-likeness (QED) is 0.387. The third kappa shape index (κ3) is 6.36. The number of rotatable bonds is 5. The first-order valence-corrected chi connectivity index (χ1v) is 5.98. The number of methoxy groups -OCH3 is 1. The Hall–Kier alpha value is -1.40. The second kappa shape index (κ2) is 9.61. The highest BCUT2D eigenvalue weighted by molar-refractivity contribution is 6.29. The highest BCUT2D eigenvalue weighted by atomic mass is 35.5. The van der Waals surface area contributed by atoms with Gasteiger partial charge in [-0.2, -0.15) is 0 Å². The molecule has 0 fully saturated rings. The smallest absolute Gasteiger partial charge is 0.311 e. The van der Waals surface area contributed by atoms with Crippen LogP contribution < -0.4 is 5.32 Å². The van der Waals surface area contributed by atoms with E-state index >= 15 is 0 Å². The summed E-state index contributed by atoms with van der Waals surface area (Å²) in [7, 11) is 1.54. The first-order valence-electron chi connectivity index (χ1n) is 5.60. The molecule has 0 aliphatic heterocycles. The monoisotopic (exact) mass is 275 g/mol. The van der Waals surface area contributed by atoms with Crippen LogP contribution in [0.4, 0.5) is 11.5 Å². The number of pyridine rings is 1. The molecule has 1 aromatic rings. The molecule has 102 valence electrons. The van der Waals surface area contributed by atoms with Gasteiger partial charge in [-0.1, -0.05) is 31.9 Å². The summed E-state index contributed by atoms with van der Waals surface area (Å²) in [6.07, 6.45) is 1.25. The summed E-state index contributed by atoms with van der Waals surface area (Å²) in [5, 5.41) is 13.6. The lowest BCUT2D eigenvalue weighted by Gasteiger charge is -2.05. The van der Waals surface area contributed by atoms with E-state index in [1.165, 1.54) is 18.6 Å². The van der Waals surface area contributed by atoms with Crippen LogP contribution in [0.3, 0.4) is 0 Å². The first kappa shape index (κ1) is 16.6. The summed E-state index contributed by atoms with van der Waals surface area (Å²) in [5.74, 6) is 0.157. The van der Waals surface area contributed by atoms with E-state index in [9.17, 15) is 10.1 Å². The van der Waals surface area contributed by atoms with Crippen molar-refractivity contribution in [3.8, 4) is 0 Å². The maximum Gasteiger partial charge on any atom is 0.311 e. The Balaban J connectivity index is 0.000000873. The Bertz CT molecular complexity index is 375. The Morgan fingerprint density at radius 3 is 2.61 bits per heavy atom. The Labute approximate surface area is 111 Å². The van der Waals surface area contributed by atoms with Crippen molar-refractivity contribution in [2.45, 2.75) is 20.3 Å². The van der Waals surface area contributed by atoms with Gasteiger partial charge in [0, 0.05) is 19.7 Å². The average Bonchev–Trinajstić information content (AvgIpc) is 2.30. The number of hydrogen-bond donors (Lipinski definition) is 1. The van der Waals surface area contributed by atoms with Crippen molar-refractivity contribution in [1.29, 1.82) is 0 Å². The number of aromatic nitrogens is 1. The van der Waals surface area contributed by atoms with Crippen molar-refractivity contribution in [3.63, 3.8) is 0 Å². The van der Waals surface area contributed by atoms with Crippen LogP contribution in [0.1, 0.15) is 20.3 Å². The van der Waals surface area contributed by atoms with Crippen molar-refractivity contribution < 1.29 is 9.66 Å². The van der Waals surface area contributed by atoms with Crippen molar-refractivity contribution in [2.24, 2.45) is 0 Å². The Morgan fingerprint density at radius 1 is 1.50 bits per heavy atom. The summed E-state index contributed by atoms with van der Waals surface area (Å²) in [6.45, 7) is 5.12. The fraction of sp³-hybridized carbons (Fsp3) is 0.545. The topological polar surface area (TPSA) is 77.3 Å². The minimum Gasteiger partial charge on any atom is -0.383 e. The zero-order valence-electron chi connectivity index (χ0n) is 10.8. The molecule has 0 bridgehead atoms. The molecule has 0 aromatic carbocycles. The largest absolute Gasteiger partial charge is 0.383 e. The minimum absolute atomic E-state index is 0.101. The fourth-order valence-electron chi connectivity index (χ4n) is 0.977. The van der Waals surface area contributed by atoms with Crippen LogP contribution in [-0.2, 0) is 4.74 Å². The molecule has 0 amide bonds. The zero-order chi connectivity index (χ0) is 14.0. The molecule has 0 aliphatic carbocycles. The number of anilines is 1. The van der Waals surface area contributed by atoms with Crippen LogP contribution in [0.25, 0.3) is 0 Å². The van der Waals surface area contributed by atoms with Gasteiger partial charge < -0.3 is 10.1 Å². The summed E-state index contributed by atoms with van der Waals surface area (Å²) < 4.78 is 4.80. The van der Waals surface area contributed by atoms with Crippen LogP contribution in [0.15, 0.2) is 12.1 Å². The molecule has 0 saturated carbocycles. The van der Waals surface area contributed by atoms with E-state index in [-0.39, 0.29) is 16.7 Å². The highest BCUT2D eigenvalue weighted by Crippen LogP contribution is 2.23. The number of ether oxygens (including phenoxy) is 1. The molecule has 0 unspecified atom stereocenters. The zero-order valence-corrected chi connectivity index (χ0v) is 11.5. The number of hydrogen-bond acceptors (Lipinski definition) is 5. The minimum atomic E-state index is -0.515. The van der Waals surface area contributed by atoms with E-state index in [0.29, 0.717) is 13.2 Å². The van der Waals surface area contributed by atoms with E-state index < -0.39 is 4.92 Å². The van der Waals surface area contributed by atoms with Crippen molar-refractivity contribution in [1.82, 2.24) is 4.98 Å². The van der Waals surface area contributed by atoms with E-state index in [1.807, 2.05) is 0 Å². The first-order chi connectivity index (χ1) is 8.56. The van der Waals surface area contributed by atoms with Gasteiger partial charge in [0.25, 0.3) is 0 Å². The second-order valence-corrected chi connectivity index (χ2v) is 3.77. The lowest BCUT2D eigenvalue weighted by Crippen LogP contribution is -2.10. The van der Waals surface area contributed by atoms with E-state index in [1.54, 1.807) is 7.11 Å². The number of halogens is 1. The number of nitro groups is 1. The van der Waals surface area contributed by atoms with Crippen LogP contribution in [0.5, 0.6) is 0 Å². The summed E-state index contributed by atoms with van der Waals surface area (Å²) >= 11 is 5.63.